The molecule has 170 valence electrons. The first-order valence-electron chi connectivity index (χ1n) is 10.3. The molecule has 3 rings (SSSR count). The second-order valence-corrected chi connectivity index (χ2v) is 9.14. The van der Waals surface area contributed by atoms with Crippen molar-refractivity contribution in [3.8, 4) is 17.2 Å². The normalized spacial score (nSPS) is 18.2. The van der Waals surface area contributed by atoms with E-state index in [0.717, 1.165) is 46.4 Å². The van der Waals surface area contributed by atoms with Gasteiger partial charge in [-0.2, -0.15) is 0 Å². The van der Waals surface area contributed by atoms with E-state index < -0.39 is 16.8 Å². The quantitative estimate of drug-likeness (QED) is 0.359. The Kier molecular flexibility index (Phi) is 7.29. The molecule has 0 bridgehead atoms. The molecule has 2 N–H and O–H groups in total. The number of amides is 1. The summed E-state index contributed by atoms with van der Waals surface area (Å²) in [6.07, 6.45) is 2.99. The number of carbonyl (C=O) groups is 1. The number of ether oxygens (including phenoxy) is 2. The van der Waals surface area contributed by atoms with Crippen LogP contribution in [0, 0.1) is 20.8 Å². The average molecular weight is 458 g/mol. The van der Waals surface area contributed by atoms with Crippen molar-refractivity contribution in [3.63, 3.8) is 0 Å². The van der Waals surface area contributed by atoms with Crippen LogP contribution >= 0.6 is 12.0 Å². The number of fused-ring (bicyclic) bond motifs is 1. The Labute approximate surface area is 191 Å². The Bertz CT molecular complexity index is 1060. The van der Waals surface area contributed by atoms with Crippen molar-refractivity contribution in [1.29, 1.82) is 0 Å². The topological polar surface area (TPSA) is 105 Å². The summed E-state index contributed by atoms with van der Waals surface area (Å²) in [5.74, 6) is 1.11. The number of phenols is 1. The third kappa shape index (κ3) is 4.99. The Morgan fingerprint density at radius 2 is 1.94 bits per heavy atom. The summed E-state index contributed by atoms with van der Waals surface area (Å²) in [6.45, 7) is 8.14. The van der Waals surface area contributed by atoms with Crippen LogP contribution in [0.3, 0.4) is 0 Å². The first-order chi connectivity index (χ1) is 15.2. The smallest absolute Gasteiger partial charge is 0.272 e. The molecule has 8 heteroatoms. The highest BCUT2D eigenvalue weighted by Crippen LogP contribution is 2.43. The van der Waals surface area contributed by atoms with Gasteiger partial charge in [-0.25, -0.2) is 4.79 Å². The summed E-state index contributed by atoms with van der Waals surface area (Å²) >= 11 is 0.358. The van der Waals surface area contributed by atoms with Gasteiger partial charge in [0.15, 0.2) is 0 Å². The lowest BCUT2D eigenvalue weighted by atomic mass is 9.87. The van der Waals surface area contributed by atoms with E-state index in [0.29, 0.717) is 30.1 Å². The van der Waals surface area contributed by atoms with Crippen LogP contribution in [0.1, 0.15) is 41.2 Å². The number of hydrogen-bond donors (Lipinski definition) is 2. The zero-order valence-electron chi connectivity index (χ0n) is 18.6. The monoisotopic (exact) mass is 457 g/mol. The number of isocyanates is 1. The molecule has 2 atom stereocenters. The fourth-order valence-corrected chi connectivity index (χ4v) is 4.26. The van der Waals surface area contributed by atoms with Gasteiger partial charge in [-0.1, -0.05) is 12.1 Å². The molecule has 0 fully saturated rings. The maximum absolute atomic E-state index is 11.7. The molecule has 0 radical (unpaired) electrons. The molecular formula is C24H27NO6S. The molecule has 0 unspecified atom stereocenters. The molecule has 1 amide bonds. The molecule has 7 nitrogen and oxygen atoms in total. The van der Waals surface area contributed by atoms with Gasteiger partial charge in [0, 0.05) is 17.6 Å². The Balaban J connectivity index is 1.66. The Hall–Kier alpha value is -2.80. The van der Waals surface area contributed by atoms with Gasteiger partial charge in [-0.15, -0.1) is 4.99 Å². The van der Waals surface area contributed by atoms with Crippen LogP contribution in [0.25, 0.3) is 0 Å². The number of rotatable bonds is 7. The Morgan fingerprint density at radius 3 is 2.56 bits per heavy atom. The SMILES string of the molecule is Cc1c(C)c2c(c(C)c1O)CC[C@@](C)(COc1ccc(C[C@H](SO)C(=O)N=C=O)cc1)O2. The summed E-state index contributed by atoms with van der Waals surface area (Å²) in [6, 6.07) is 7.18. The lowest BCUT2D eigenvalue weighted by Gasteiger charge is -2.37. The lowest BCUT2D eigenvalue weighted by Crippen LogP contribution is -2.42. The van der Waals surface area contributed by atoms with Crippen molar-refractivity contribution < 1.29 is 28.7 Å². The highest BCUT2D eigenvalue weighted by Gasteiger charge is 2.35. The van der Waals surface area contributed by atoms with Gasteiger partial charge in [0.2, 0.25) is 6.08 Å². The fourth-order valence-electron chi connectivity index (χ4n) is 3.85. The Morgan fingerprint density at radius 1 is 1.25 bits per heavy atom. The third-order valence-corrected chi connectivity index (χ3v) is 6.66. The minimum absolute atomic E-state index is 0.230. The molecule has 2 aromatic rings. The van der Waals surface area contributed by atoms with Crippen LogP contribution in [-0.2, 0) is 22.4 Å². The van der Waals surface area contributed by atoms with E-state index in [1.807, 2.05) is 27.7 Å². The number of carbonyl (C=O) groups excluding carboxylic acids is 2. The van der Waals surface area contributed by atoms with Crippen LogP contribution in [0.5, 0.6) is 17.2 Å². The summed E-state index contributed by atoms with van der Waals surface area (Å²) in [4.78, 5) is 25.0. The van der Waals surface area contributed by atoms with Gasteiger partial charge in [0.05, 0.1) is 0 Å². The van der Waals surface area contributed by atoms with Crippen LogP contribution in [0.2, 0.25) is 0 Å². The van der Waals surface area contributed by atoms with Crippen molar-refractivity contribution in [2.45, 2.75) is 57.8 Å². The molecule has 0 saturated heterocycles. The molecular weight excluding hydrogens is 430 g/mol. The van der Waals surface area contributed by atoms with E-state index in [2.05, 4.69) is 4.99 Å². The first kappa shape index (κ1) is 23.9. The van der Waals surface area contributed by atoms with Crippen molar-refractivity contribution in [3.05, 3.63) is 52.1 Å². The average Bonchev–Trinajstić information content (AvgIpc) is 2.79. The summed E-state index contributed by atoms with van der Waals surface area (Å²) in [7, 11) is 0. The minimum atomic E-state index is -0.854. The predicted octanol–water partition coefficient (Wildman–Crippen LogP) is 4.46. The van der Waals surface area contributed by atoms with E-state index in [1.54, 1.807) is 24.3 Å². The second kappa shape index (κ2) is 9.77. The minimum Gasteiger partial charge on any atom is -0.507 e. The summed E-state index contributed by atoms with van der Waals surface area (Å²) < 4.78 is 21.7. The van der Waals surface area contributed by atoms with Crippen molar-refractivity contribution in [1.82, 2.24) is 0 Å². The zero-order valence-corrected chi connectivity index (χ0v) is 19.4. The predicted molar refractivity (Wildman–Crippen MR) is 122 cm³/mol. The zero-order chi connectivity index (χ0) is 23.5. The maximum atomic E-state index is 11.7. The van der Waals surface area contributed by atoms with E-state index in [4.69, 9.17) is 9.47 Å². The number of aliphatic imine (C=N–C) groups is 1. The van der Waals surface area contributed by atoms with Crippen molar-refractivity contribution in [2.75, 3.05) is 6.61 Å². The van der Waals surface area contributed by atoms with E-state index in [9.17, 15) is 19.2 Å². The van der Waals surface area contributed by atoms with Crippen LogP contribution in [0.4, 0.5) is 0 Å². The molecule has 0 aromatic heterocycles. The summed E-state index contributed by atoms with van der Waals surface area (Å²) in [5.41, 5.74) is 4.00. The molecule has 1 heterocycles. The number of nitrogens with zero attached hydrogens (tertiary/aromatic N) is 1. The van der Waals surface area contributed by atoms with E-state index in [1.165, 1.54) is 6.08 Å². The standard InChI is InChI=1S/C24H27NO6S/c1-14-15(2)22-19(16(3)21(14)27)9-10-24(4,31-22)12-30-18-7-5-17(6-8-18)11-20(32-29)23(28)25-13-26/h5-8,20,27,29H,9-12H2,1-4H3/t20-,24-/m0/s1. The molecule has 0 saturated carbocycles. The van der Waals surface area contributed by atoms with Gasteiger partial charge in [0.25, 0.3) is 5.91 Å². The van der Waals surface area contributed by atoms with Gasteiger partial charge in [-0.05, 0) is 81.3 Å². The molecule has 1 aliphatic heterocycles. The van der Waals surface area contributed by atoms with Crippen molar-refractivity contribution >= 4 is 24.0 Å². The highest BCUT2D eigenvalue weighted by molar-refractivity contribution is 7.95. The molecule has 2 aromatic carbocycles. The van der Waals surface area contributed by atoms with Crippen LogP contribution in [-0.4, -0.2) is 39.1 Å². The van der Waals surface area contributed by atoms with Gasteiger partial charge >= 0.3 is 0 Å². The van der Waals surface area contributed by atoms with Gasteiger partial charge < -0.3 is 19.1 Å². The maximum Gasteiger partial charge on any atom is 0.272 e. The number of phenolic OH excluding ortho intramolecular Hbond substituents is 1. The summed E-state index contributed by atoms with van der Waals surface area (Å²) in [5, 5.41) is 9.48. The van der Waals surface area contributed by atoms with E-state index in [-0.39, 0.29) is 6.42 Å². The number of benzene rings is 2. The molecule has 0 spiro atoms. The first-order valence-corrected chi connectivity index (χ1v) is 11.2. The van der Waals surface area contributed by atoms with Crippen molar-refractivity contribution in [2.24, 2.45) is 4.99 Å². The van der Waals surface area contributed by atoms with E-state index >= 15 is 0 Å². The lowest BCUT2D eigenvalue weighted by molar-refractivity contribution is -0.117. The molecule has 32 heavy (non-hydrogen) atoms. The third-order valence-electron chi connectivity index (χ3n) is 6.04. The fraction of sp³-hybridized carbons (Fsp3) is 0.417. The van der Waals surface area contributed by atoms with Crippen LogP contribution < -0.4 is 9.47 Å². The number of aromatic hydroxyl groups is 1. The van der Waals surface area contributed by atoms with Crippen LogP contribution in [0.15, 0.2) is 29.3 Å². The van der Waals surface area contributed by atoms with Gasteiger partial charge in [-0.3, -0.25) is 4.79 Å². The second-order valence-electron chi connectivity index (χ2n) is 8.36. The van der Waals surface area contributed by atoms with Gasteiger partial charge in [0.1, 0.15) is 34.7 Å². The number of hydrogen-bond acceptors (Lipinski definition) is 7. The largest absolute Gasteiger partial charge is 0.507 e. The highest BCUT2D eigenvalue weighted by atomic mass is 32.2. The molecule has 1 aliphatic rings. The molecule has 0 aliphatic carbocycles.